The first-order valence-corrected chi connectivity index (χ1v) is 6.52. The molecule has 0 saturated heterocycles. The lowest BCUT2D eigenvalue weighted by Gasteiger charge is -2.14. The smallest absolute Gasteiger partial charge is 0.395 e. The molecule has 2 rings (SSSR count). The molecule has 0 fully saturated rings. The molecular formula is C14H17F3N4O2. The van der Waals surface area contributed by atoms with E-state index in [2.05, 4.69) is 15.3 Å². The molecule has 2 aromatic rings. The number of rotatable bonds is 5. The molecule has 0 atom stereocenters. The highest BCUT2D eigenvalue weighted by Gasteiger charge is 2.37. The summed E-state index contributed by atoms with van der Waals surface area (Å²) in [5.74, 6) is -1.12. The Balaban J connectivity index is 0.00000288. The fraction of sp³-hybridized carbons (Fsp3) is 0.214. The third kappa shape index (κ3) is 3.75. The summed E-state index contributed by atoms with van der Waals surface area (Å²) in [6.45, 7) is -0.150. The van der Waals surface area contributed by atoms with Crippen molar-refractivity contribution in [3.8, 4) is 0 Å². The minimum atomic E-state index is -4.75. The molecule has 4 N–H and O–H groups in total. The molecule has 0 aliphatic rings. The number of pyridine rings is 2. The van der Waals surface area contributed by atoms with Crippen LogP contribution in [-0.2, 0) is 6.18 Å². The van der Waals surface area contributed by atoms with Crippen molar-refractivity contribution in [2.24, 2.45) is 0 Å². The van der Waals surface area contributed by atoms with Gasteiger partial charge in [0.15, 0.2) is 0 Å². The number of halogens is 3. The predicted octanol–water partition coefficient (Wildman–Crippen LogP) is 2.20. The number of aliphatic hydroxyl groups is 1. The molecule has 9 heteroatoms. The third-order valence-electron chi connectivity index (χ3n) is 2.92. The van der Waals surface area contributed by atoms with Gasteiger partial charge in [-0.3, -0.25) is 4.79 Å². The van der Waals surface area contributed by atoms with Crippen LogP contribution >= 0.6 is 0 Å². The lowest BCUT2D eigenvalue weighted by atomic mass is 10.0. The minimum absolute atomic E-state index is 0. The van der Waals surface area contributed by atoms with Gasteiger partial charge < -0.3 is 16.2 Å². The Bertz CT molecular complexity index is 729. The predicted molar refractivity (Wildman–Crippen MR) is 81.1 cm³/mol. The lowest BCUT2D eigenvalue weighted by molar-refractivity contribution is -0.138. The first-order chi connectivity index (χ1) is 10.8. The molecule has 2 heterocycles. The molecule has 0 unspecified atom stereocenters. The van der Waals surface area contributed by atoms with E-state index in [0.717, 1.165) is 12.1 Å². The molecule has 2 aromatic heterocycles. The van der Waals surface area contributed by atoms with Crippen LogP contribution in [0.1, 0.15) is 24.5 Å². The highest BCUT2D eigenvalue weighted by Crippen LogP contribution is 2.33. The van der Waals surface area contributed by atoms with Gasteiger partial charge in [-0.25, -0.2) is 9.97 Å². The summed E-state index contributed by atoms with van der Waals surface area (Å²) in [5.41, 5.74) is 3.44. The van der Waals surface area contributed by atoms with Crippen molar-refractivity contribution in [1.82, 2.24) is 9.97 Å². The van der Waals surface area contributed by atoms with Crippen LogP contribution in [0.15, 0.2) is 30.5 Å². The fourth-order valence-corrected chi connectivity index (χ4v) is 1.88. The van der Waals surface area contributed by atoms with E-state index in [9.17, 15) is 18.0 Å². The maximum Gasteiger partial charge on any atom is 0.418 e. The average molecular weight is 330 g/mol. The van der Waals surface area contributed by atoms with Gasteiger partial charge in [0.25, 0.3) is 0 Å². The quantitative estimate of drug-likeness (QED) is 0.727. The topological polar surface area (TPSA) is 101 Å². The van der Waals surface area contributed by atoms with Crippen LogP contribution < -0.4 is 11.1 Å². The van der Waals surface area contributed by atoms with Crippen molar-refractivity contribution >= 4 is 17.4 Å². The number of nitrogens with two attached hydrogens (primary N) is 1. The largest absolute Gasteiger partial charge is 0.418 e. The van der Waals surface area contributed by atoms with Gasteiger partial charge in [0.1, 0.15) is 17.3 Å². The van der Waals surface area contributed by atoms with Gasteiger partial charge in [-0.05, 0) is 24.3 Å². The summed E-state index contributed by atoms with van der Waals surface area (Å²) >= 11 is 0. The van der Waals surface area contributed by atoms with E-state index in [1.54, 1.807) is 0 Å². The number of aromatic nitrogens is 2. The first-order valence-electron chi connectivity index (χ1n) is 6.52. The van der Waals surface area contributed by atoms with Crippen LogP contribution in [0, 0.1) is 0 Å². The first kappa shape index (κ1) is 16.7. The average Bonchev–Trinajstić information content (AvgIpc) is 2.51. The zero-order valence-electron chi connectivity index (χ0n) is 11.8. The molecule has 23 heavy (non-hydrogen) atoms. The molecule has 0 bridgehead atoms. The number of carbonyl (C=O) groups excluding carboxylic acids is 1. The van der Waals surface area contributed by atoms with Gasteiger partial charge in [0, 0.05) is 15.6 Å². The maximum atomic E-state index is 13.1. The molecule has 0 aliphatic heterocycles. The second kappa shape index (κ2) is 6.61. The van der Waals surface area contributed by atoms with Crippen LogP contribution in [0.2, 0.25) is 0 Å². The summed E-state index contributed by atoms with van der Waals surface area (Å²) in [4.78, 5) is 19.8. The van der Waals surface area contributed by atoms with Crippen molar-refractivity contribution < 1.29 is 25.9 Å². The number of ketones is 1. The molecule has 0 amide bonds. The van der Waals surface area contributed by atoms with E-state index >= 15 is 0 Å². The zero-order valence-corrected chi connectivity index (χ0v) is 11.8. The van der Waals surface area contributed by atoms with Gasteiger partial charge in [0.05, 0.1) is 17.7 Å². The van der Waals surface area contributed by atoms with Crippen LogP contribution in [0.3, 0.4) is 0 Å². The SMILES string of the molecule is Nc1ncccc1C(=O)c1nc(NCCO)ccc1C(F)(F)F.[HH].[HH]. The molecule has 6 nitrogen and oxygen atoms in total. The molecule has 0 spiro atoms. The standard InChI is InChI=1S/C14H13F3N4O2.2H2/c15-14(16,17)9-3-4-10(19-6-7-22)21-11(9)12(23)8-2-1-5-20-13(8)18;;/h1-5,22H,6-7H2,(H2,18,20)(H,19,21);2*1H. The molecule has 0 aliphatic carbocycles. The Hall–Kier alpha value is -2.68. The van der Waals surface area contributed by atoms with Crippen LogP contribution in [0.25, 0.3) is 0 Å². The number of alkyl halides is 3. The summed E-state index contributed by atoms with van der Waals surface area (Å²) in [7, 11) is 0. The Kier molecular flexibility index (Phi) is 4.80. The normalized spacial score (nSPS) is 11.3. The summed E-state index contributed by atoms with van der Waals surface area (Å²) in [5, 5.41) is 11.3. The minimum Gasteiger partial charge on any atom is -0.395 e. The number of hydrogen-bond donors (Lipinski definition) is 3. The van der Waals surface area contributed by atoms with Crippen molar-refractivity contribution in [2.75, 3.05) is 24.2 Å². The molecule has 0 saturated carbocycles. The Morgan fingerprint density at radius 3 is 2.70 bits per heavy atom. The molecular weight excluding hydrogens is 313 g/mol. The lowest BCUT2D eigenvalue weighted by Crippen LogP contribution is -2.18. The number of nitrogen functional groups attached to an aromatic ring is 1. The molecule has 0 radical (unpaired) electrons. The van der Waals surface area contributed by atoms with Crippen LogP contribution in [-0.4, -0.2) is 34.0 Å². The van der Waals surface area contributed by atoms with E-state index in [0.29, 0.717) is 0 Å². The fourth-order valence-electron chi connectivity index (χ4n) is 1.88. The van der Waals surface area contributed by atoms with E-state index in [1.165, 1.54) is 18.3 Å². The third-order valence-corrected chi connectivity index (χ3v) is 2.92. The van der Waals surface area contributed by atoms with Crippen LogP contribution in [0.5, 0.6) is 0 Å². The summed E-state index contributed by atoms with van der Waals surface area (Å²) in [6.07, 6.45) is -3.42. The highest BCUT2D eigenvalue weighted by molar-refractivity contribution is 6.11. The number of nitrogens with zero attached hydrogens (tertiary/aromatic N) is 2. The Labute approximate surface area is 132 Å². The van der Waals surface area contributed by atoms with Gasteiger partial charge in [0.2, 0.25) is 5.78 Å². The second-order valence-corrected chi connectivity index (χ2v) is 4.51. The van der Waals surface area contributed by atoms with Crippen molar-refractivity contribution in [1.29, 1.82) is 0 Å². The molecule has 126 valence electrons. The zero-order chi connectivity index (χ0) is 17.0. The van der Waals surface area contributed by atoms with Crippen molar-refractivity contribution in [2.45, 2.75) is 6.18 Å². The summed E-state index contributed by atoms with van der Waals surface area (Å²) < 4.78 is 39.3. The maximum absolute atomic E-state index is 13.1. The van der Waals surface area contributed by atoms with Gasteiger partial charge >= 0.3 is 6.18 Å². The number of hydrogen-bond acceptors (Lipinski definition) is 6. The Morgan fingerprint density at radius 1 is 1.35 bits per heavy atom. The summed E-state index contributed by atoms with van der Waals surface area (Å²) in [6, 6.07) is 4.51. The number of carbonyl (C=O) groups is 1. The monoisotopic (exact) mass is 330 g/mol. The van der Waals surface area contributed by atoms with Crippen molar-refractivity contribution in [3.05, 3.63) is 47.3 Å². The number of aliphatic hydroxyl groups excluding tert-OH is 1. The van der Waals surface area contributed by atoms with Gasteiger partial charge in [-0.15, -0.1) is 0 Å². The van der Waals surface area contributed by atoms with Crippen LogP contribution in [0.4, 0.5) is 24.8 Å². The molecule has 0 aromatic carbocycles. The van der Waals surface area contributed by atoms with Crippen molar-refractivity contribution in [3.63, 3.8) is 0 Å². The van der Waals surface area contributed by atoms with E-state index in [-0.39, 0.29) is 33.2 Å². The second-order valence-electron chi connectivity index (χ2n) is 4.51. The number of anilines is 2. The Morgan fingerprint density at radius 2 is 2.09 bits per heavy atom. The van der Waals surface area contributed by atoms with Gasteiger partial charge in [-0.1, -0.05) is 0 Å². The van der Waals surface area contributed by atoms with Gasteiger partial charge in [-0.2, -0.15) is 13.2 Å². The number of nitrogens with one attached hydrogen (secondary N) is 1. The van der Waals surface area contributed by atoms with E-state index in [1.807, 2.05) is 0 Å². The highest BCUT2D eigenvalue weighted by atomic mass is 19.4. The van der Waals surface area contributed by atoms with E-state index < -0.39 is 23.2 Å². The van der Waals surface area contributed by atoms with E-state index in [4.69, 9.17) is 10.8 Å².